The summed E-state index contributed by atoms with van der Waals surface area (Å²) in [5.41, 5.74) is 0.429. The predicted molar refractivity (Wildman–Crippen MR) is 83.6 cm³/mol. The lowest BCUT2D eigenvalue weighted by Crippen LogP contribution is -2.43. The minimum absolute atomic E-state index is 0.276. The van der Waals surface area contributed by atoms with Crippen LogP contribution in [0.4, 0.5) is 0 Å². The van der Waals surface area contributed by atoms with Crippen molar-refractivity contribution >= 4 is 5.91 Å². The molecule has 2 N–H and O–H groups in total. The molecule has 0 unspecified atom stereocenters. The van der Waals surface area contributed by atoms with Gasteiger partial charge in [0, 0.05) is 13.0 Å². The third kappa shape index (κ3) is 4.76. The average molecular weight is 280 g/mol. The van der Waals surface area contributed by atoms with E-state index < -0.39 is 0 Å². The van der Waals surface area contributed by atoms with Crippen molar-refractivity contribution in [2.24, 2.45) is 17.3 Å². The van der Waals surface area contributed by atoms with E-state index >= 15 is 0 Å². The molecule has 1 saturated heterocycles. The van der Waals surface area contributed by atoms with Gasteiger partial charge in [0.05, 0.1) is 0 Å². The first kappa shape index (κ1) is 15.8. The van der Waals surface area contributed by atoms with Gasteiger partial charge in [-0.3, -0.25) is 4.79 Å². The molecule has 1 aliphatic carbocycles. The molecule has 0 radical (unpaired) electrons. The van der Waals surface area contributed by atoms with Crippen molar-refractivity contribution < 1.29 is 4.79 Å². The summed E-state index contributed by atoms with van der Waals surface area (Å²) in [4.78, 5) is 12.0. The molecule has 116 valence electrons. The van der Waals surface area contributed by atoms with Crippen molar-refractivity contribution in [1.82, 2.24) is 10.6 Å². The Balaban J connectivity index is 1.63. The first-order valence-corrected chi connectivity index (χ1v) is 8.57. The van der Waals surface area contributed by atoms with Crippen LogP contribution < -0.4 is 10.6 Å². The first-order valence-electron chi connectivity index (χ1n) is 8.57. The van der Waals surface area contributed by atoms with Gasteiger partial charge in [0.2, 0.25) is 5.91 Å². The highest BCUT2D eigenvalue weighted by Crippen LogP contribution is 2.45. The van der Waals surface area contributed by atoms with Gasteiger partial charge in [-0.25, -0.2) is 0 Å². The van der Waals surface area contributed by atoms with E-state index in [1.54, 1.807) is 0 Å². The molecule has 1 aliphatic heterocycles. The number of hydrogen-bond donors (Lipinski definition) is 2. The van der Waals surface area contributed by atoms with Gasteiger partial charge in [-0.1, -0.05) is 20.3 Å². The summed E-state index contributed by atoms with van der Waals surface area (Å²) in [6.45, 7) is 7.75. The van der Waals surface area contributed by atoms with Crippen LogP contribution in [0.1, 0.15) is 65.2 Å². The lowest BCUT2D eigenvalue weighted by molar-refractivity contribution is -0.122. The Bertz CT molecular complexity index is 304. The topological polar surface area (TPSA) is 41.1 Å². The quantitative estimate of drug-likeness (QED) is 0.752. The van der Waals surface area contributed by atoms with Gasteiger partial charge in [0.25, 0.3) is 0 Å². The summed E-state index contributed by atoms with van der Waals surface area (Å²) in [5.74, 6) is 1.77. The summed E-state index contributed by atoms with van der Waals surface area (Å²) in [6, 6.07) is 0. The van der Waals surface area contributed by atoms with Crippen molar-refractivity contribution in [2.75, 3.05) is 19.6 Å². The maximum Gasteiger partial charge on any atom is 0.220 e. The molecule has 0 aromatic heterocycles. The van der Waals surface area contributed by atoms with Crippen LogP contribution in [0.3, 0.4) is 0 Å². The van der Waals surface area contributed by atoms with Crippen LogP contribution >= 0.6 is 0 Å². The molecule has 0 bridgehead atoms. The fourth-order valence-electron chi connectivity index (χ4n) is 3.88. The highest BCUT2D eigenvalue weighted by Gasteiger charge is 2.37. The van der Waals surface area contributed by atoms with Gasteiger partial charge in [-0.2, -0.15) is 0 Å². The van der Waals surface area contributed by atoms with Crippen molar-refractivity contribution in [3.8, 4) is 0 Å². The maximum atomic E-state index is 12.0. The number of nitrogens with one attached hydrogen (secondary N) is 2. The van der Waals surface area contributed by atoms with Crippen LogP contribution in [0.5, 0.6) is 0 Å². The smallest absolute Gasteiger partial charge is 0.220 e. The molecular formula is C17H32N2O. The van der Waals surface area contributed by atoms with E-state index in [0.29, 0.717) is 5.41 Å². The van der Waals surface area contributed by atoms with Gasteiger partial charge in [-0.05, 0) is 68.9 Å². The van der Waals surface area contributed by atoms with Crippen molar-refractivity contribution in [3.05, 3.63) is 0 Å². The van der Waals surface area contributed by atoms with Crippen LogP contribution in [-0.2, 0) is 4.79 Å². The van der Waals surface area contributed by atoms with Crippen LogP contribution in [-0.4, -0.2) is 25.5 Å². The molecule has 0 aromatic rings. The van der Waals surface area contributed by atoms with Crippen molar-refractivity contribution in [1.29, 1.82) is 0 Å². The number of amides is 1. The highest BCUT2D eigenvalue weighted by molar-refractivity contribution is 5.75. The Hall–Kier alpha value is -0.570. The van der Waals surface area contributed by atoms with Gasteiger partial charge in [0.15, 0.2) is 0 Å². The summed E-state index contributed by atoms with van der Waals surface area (Å²) < 4.78 is 0. The summed E-state index contributed by atoms with van der Waals surface area (Å²) in [6.07, 6.45) is 9.50. The SMILES string of the molecule is CC(C)CC1(CNC(=O)CCC2CCNCC2)CCC1. The minimum Gasteiger partial charge on any atom is -0.356 e. The van der Waals surface area contributed by atoms with Gasteiger partial charge in [0.1, 0.15) is 0 Å². The largest absolute Gasteiger partial charge is 0.356 e. The third-order valence-electron chi connectivity index (χ3n) is 5.15. The molecule has 3 heteroatoms. The molecule has 1 heterocycles. The molecule has 0 spiro atoms. The number of rotatable bonds is 7. The fraction of sp³-hybridized carbons (Fsp3) is 0.941. The van der Waals surface area contributed by atoms with E-state index in [1.807, 2.05) is 0 Å². The van der Waals surface area contributed by atoms with E-state index in [2.05, 4.69) is 24.5 Å². The number of piperidine rings is 1. The van der Waals surface area contributed by atoms with E-state index in [9.17, 15) is 4.79 Å². The Labute approximate surface area is 124 Å². The molecule has 2 fully saturated rings. The van der Waals surface area contributed by atoms with E-state index in [0.717, 1.165) is 44.3 Å². The molecule has 0 aromatic carbocycles. The van der Waals surface area contributed by atoms with Crippen LogP contribution in [0, 0.1) is 17.3 Å². The van der Waals surface area contributed by atoms with E-state index in [-0.39, 0.29) is 5.91 Å². The molecule has 0 atom stereocenters. The lowest BCUT2D eigenvalue weighted by atomic mass is 9.64. The first-order chi connectivity index (χ1) is 9.60. The fourth-order valence-corrected chi connectivity index (χ4v) is 3.88. The molecular weight excluding hydrogens is 248 g/mol. The predicted octanol–water partition coefficient (Wildman–Crippen LogP) is 3.10. The van der Waals surface area contributed by atoms with Crippen molar-refractivity contribution in [2.45, 2.75) is 65.2 Å². The Morgan fingerprint density at radius 1 is 1.30 bits per heavy atom. The number of carbonyl (C=O) groups excluding carboxylic acids is 1. The zero-order valence-electron chi connectivity index (χ0n) is 13.3. The number of hydrogen-bond acceptors (Lipinski definition) is 2. The van der Waals surface area contributed by atoms with Crippen LogP contribution in [0.25, 0.3) is 0 Å². The second kappa shape index (κ2) is 7.44. The molecule has 1 amide bonds. The molecule has 1 saturated carbocycles. The van der Waals surface area contributed by atoms with E-state index in [4.69, 9.17) is 0 Å². The van der Waals surface area contributed by atoms with Crippen LogP contribution in [0.15, 0.2) is 0 Å². The normalized spacial score (nSPS) is 22.6. The second-order valence-corrected chi connectivity index (χ2v) is 7.46. The average Bonchev–Trinajstić information content (AvgIpc) is 2.40. The summed E-state index contributed by atoms with van der Waals surface area (Å²) in [5, 5.41) is 6.60. The molecule has 3 nitrogen and oxygen atoms in total. The van der Waals surface area contributed by atoms with Crippen molar-refractivity contribution in [3.63, 3.8) is 0 Å². The molecule has 2 rings (SSSR count). The van der Waals surface area contributed by atoms with Gasteiger partial charge in [-0.15, -0.1) is 0 Å². The second-order valence-electron chi connectivity index (χ2n) is 7.46. The van der Waals surface area contributed by atoms with Gasteiger partial charge >= 0.3 is 0 Å². The Morgan fingerprint density at radius 2 is 2.00 bits per heavy atom. The monoisotopic (exact) mass is 280 g/mol. The lowest BCUT2D eigenvalue weighted by Gasteiger charge is -2.43. The molecule has 2 aliphatic rings. The zero-order chi connectivity index (χ0) is 14.4. The maximum absolute atomic E-state index is 12.0. The van der Waals surface area contributed by atoms with E-state index in [1.165, 1.54) is 38.5 Å². The highest BCUT2D eigenvalue weighted by atomic mass is 16.1. The Kier molecular flexibility index (Phi) is 5.88. The third-order valence-corrected chi connectivity index (χ3v) is 5.15. The van der Waals surface area contributed by atoms with Crippen LogP contribution in [0.2, 0.25) is 0 Å². The summed E-state index contributed by atoms with van der Waals surface area (Å²) >= 11 is 0. The standard InChI is InChI=1S/C17H32N2O/c1-14(2)12-17(8-3-9-17)13-19-16(20)5-4-15-6-10-18-11-7-15/h14-15,18H,3-13H2,1-2H3,(H,19,20). The molecule has 20 heavy (non-hydrogen) atoms. The minimum atomic E-state index is 0.276. The van der Waals surface area contributed by atoms with Gasteiger partial charge < -0.3 is 10.6 Å². The number of carbonyl (C=O) groups is 1. The Morgan fingerprint density at radius 3 is 2.55 bits per heavy atom. The zero-order valence-corrected chi connectivity index (χ0v) is 13.3. The summed E-state index contributed by atoms with van der Waals surface area (Å²) in [7, 11) is 0.